The van der Waals surface area contributed by atoms with Crippen molar-refractivity contribution in [1.82, 2.24) is 4.98 Å². The molecule has 0 aliphatic heterocycles. The van der Waals surface area contributed by atoms with Gasteiger partial charge in [0.05, 0.1) is 5.69 Å². The van der Waals surface area contributed by atoms with Crippen LogP contribution in [0.25, 0.3) is 0 Å². The van der Waals surface area contributed by atoms with E-state index in [-0.39, 0.29) is 6.04 Å². The van der Waals surface area contributed by atoms with E-state index in [2.05, 4.69) is 4.98 Å². The molecule has 60 valence electrons. The van der Waals surface area contributed by atoms with E-state index in [9.17, 15) is 0 Å². The molecule has 0 bridgehead atoms. The Bertz CT molecular complexity index is 237. The van der Waals surface area contributed by atoms with Gasteiger partial charge < -0.3 is 5.73 Å². The zero-order chi connectivity index (χ0) is 8.27. The van der Waals surface area contributed by atoms with Crippen molar-refractivity contribution in [1.29, 1.82) is 0 Å². The van der Waals surface area contributed by atoms with Crippen LogP contribution in [0.2, 0.25) is 5.02 Å². The smallest absolute Gasteiger partial charge is 0.0585 e. The van der Waals surface area contributed by atoms with E-state index < -0.39 is 0 Å². The fourth-order valence-electron chi connectivity index (χ4n) is 0.833. The fourth-order valence-corrected chi connectivity index (χ4v) is 1.00. The number of halogens is 1. The van der Waals surface area contributed by atoms with Crippen molar-refractivity contribution in [3.8, 4) is 0 Å². The lowest BCUT2D eigenvalue weighted by molar-refractivity contribution is 0.675. The molecule has 0 saturated carbocycles. The highest BCUT2D eigenvalue weighted by Crippen LogP contribution is 2.14. The van der Waals surface area contributed by atoms with E-state index in [1.54, 1.807) is 18.3 Å². The standard InChI is InChI=1S/C8H11ClN2/c1-2-7(10)8-5-6(9)3-4-11-8/h3-5,7H,2,10H2,1H3/t7-/m1/s1. The van der Waals surface area contributed by atoms with Gasteiger partial charge in [0.25, 0.3) is 0 Å². The molecular formula is C8H11ClN2. The summed E-state index contributed by atoms with van der Waals surface area (Å²) in [7, 11) is 0. The van der Waals surface area contributed by atoms with Gasteiger partial charge in [0, 0.05) is 17.3 Å². The second kappa shape index (κ2) is 3.69. The molecule has 2 nitrogen and oxygen atoms in total. The van der Waals surface area contributed by atoms with Crippen LogP contribution in [0.1, 0.15) is 25.1 Å². The minimum Gasteiger partial charge on any atom is -0.323 e. The highest BCUT2D eigenvalue weighted by molar-refractivity contribution is 6.30. The molecule has 0 amide bonds. The minimum absolute atomic E-state index is 0.00806. The zero-order valence-corrected chi connectivity index (χ0v) is 7.17. The van der Waals surface area contributed by atoms with Crippen molar-refractivity contribution >= 4 is 11.6 Å². The van der Waals surface area contributed by atoms with Crippen molar-refractivity contribution in [2.75, 3.05) is 0 Å². The molecule has 0 aromatic carbocycles. The lowest BCUT2D eigenvalue weighted by Gasteiger charge is -2.06. The third kappa shape index (κ3) is 2.17. The van der Waals surface area contributed by atoms with E-state index in [1.807, 2.05) is 6.92 Å². The Hall–Kier alpha value is -0.600. The van der Waals surface area contributed by atoms with Crippen LogP contribution in [-0.2, 0) is 0 Å². The molecule has 0 fully saturated rings. The molecule has 0 spiro atoms. The van der Waals surface area contributed by atoms with Crippen LogP contribution >= 0.6 is 11.6 Å². The van der Waals surface area contributed by atoms with E-state index in [1.165, 1.54) is 0 Å². The molecule has 0 aliphatic carbocycles. The molecule has 1 aromatic heterocycles. The van der Waals surface area contributed by atoms with Crippen LogP contribution in [0.5, 0.6) is 0 Å². The van der Waals surface area contributed by atoms with Crippen molar-refractivity contribution < 1.29 is 0 Å². The largest absolute Gasteiger partial charge is 0.323 e. The van der Waals surface area contributed by atoms with E-state index in [0.717, 1.165) is 12.1 Å². The molecule has 0 radical (unpaired) electrons. The molecule has 2 N–H and O–H groups in total. The van der Waals surface area contributed by atoms with Gasteiger partial charge in [-0.3, -0.25) is 4.98 Å². The molecule has 1 rings (SSSR count). The summed E-state index contributed by atoms with van der Waals surface area (Å²) in [5, 5.41) is 0.693. The van der Waals surface area contributed by atoms with Gasteiger partial charge in [0.15, 0.2) is 0 Å². The normalized spacial score (nSPS) is 13.0. The second-order valence-electron chi connectivity index (χ2n) is 2.41. The van der Waals surface area contributed by atoms with Crippen LogP contribution in [-0.4, -0.2) is 4.98 Å². The van der Waals surface area contributed by atoms with Gasteiger partial charge in [-0.15, -0.1) is 0 Å². The summed E-state index contributed by atoms with van der Waals surface area (Å²) >= 11 is 5.75. The van der Waals surface area contributed by atoms with Crippen LogP contribution in [0.3, 0.4) is 0 Å². The Kier molecular flexibility index (Phi) is 2.85. The van der Waals surface area contributed by atoms with Gasteiger partial charge >= 0.3 is 0 Å². The molecule has 1 atom stereocenters. The number of rotatable bonds is 2. The predicted molar refractivity (Wildman–Crippen MR) is 46.5 cm³/mol. The molecular weight excluding hydrogens is 160 g/mol. The summed E-state index contributed by atoms with van der Waals surface area (Å²) in [6, 6.07) is 3.55. The van der Waals surface area contributed by atoms with Crippen molar-refractivity contribution in [2.24, 2.45) is 5.73 Å². The van der Waals surface area contributed by atoms with Crippen LogP contribution in [0.15, 0.2) is 18.3 Å². The minimum atomic E-state index is 0.00806. The first kappa shape index (κ1) is 8.50. The molecule has 1 aromatic rings. The summed E-state index contributed by atoms with van der Waals surface area (Å²) in [5.41, 5.74) is 6.60. The number of aromatic nitrogens is 1. The summed E-state index contributed by atoms with van der Waals surface area (Å²) in [6.07, 6.45) is 2.56. The Labute approximate surface area is 71.4 Å². The summed E-state index contributed by atoms with van der Waals surface area (Å²) in [5.74, 6) is 0. The van der Waals surface area contributed by atoms with E-state index in [4.69, 9.17) is 17.3 Å². The first-order valence-electron chi connectivity index (χ1n) is 3.61. The Balaban J connectivity index is 2.86. The summed E-state index contributed by atoms with van der Waals surface area (Å²) in [6.45, 7) is 2.02. The molecule has 0 aliphatic rings. The maximum atomic E-state index is 5.75. The monoisotopic (exact) mass is 170 g/mol. The van der Waals surface area contributed by atoms with Crippen LogP contribution < -0.4 is 5.73 Å². The van der Waals surface area contributed by atoms with E-state index in [0.29, 0.717) is 5.02 Å². The zero-order valence-electron chi connectivity index (χ0n) is 6.42. The molecule has 11 heavy (non-hydrogen) atoms. The molecule has 1 heterocycles. The molecule has 0 unspecified atom stereocenters. The third-order valence-corrected chi connectivity index (χ3v) is 1.80. The number of hydrogen-bond acceptors (Lipinski definition) is 2. The third-order valence-electron chi connectivity index (χ3n) is 1.56. The van der Waals surface area contributed by atoms with Gasteiger partial charge in [0.1, 0.15) is 0 Å². The molecule has 3 heteroatoms. The van der Waals surface area contributed by atoms with Gasteiger partial charge in [-0.25, -0.2) is 0 Å². The topological polar surface area (TPSA) is 38.9 Å². The lowest BCUT2D eigenvalue weighted by Crippen LogP contribution is -2.10. The van der Waals surface area contributed by atoms with Crippen molar-refractivity contribution in [3.63, 3.8) is 0 Å². The van der Waals surface area contributed by atoms with Crippen molar-refractivity contribution in [3.05, 3.63) is 29.0 Å². The Morgan fingerprint density at radius 2 is 2.45 bits per heavy atom. The lowest BCUT2D eigenvalue weighted by atomic mass is 10.1. The highest BCUT2D eigenvalue weighted by atomic mass is 35.5. The quantitative estimate of drug-likeness (QED) is 0.739. The maximum Gasteiger partial charge on any atom is 0.0585 e. The van der Waals surface area contributed by atoms with Gasteiger partial charge in [-0.05, 0) is 18.6 Å². The summed E-state index contributed by atoms with van der Waals surface area (Å²) in [4.78, 5) is 4.10. The highest BCUT2D eigenvalue weighted by Gasteiger charge is 2.03. The second-order valence-corrected chi connectivity index (χ2v) is 2.85. The SMILES string of the molecule is CC[C@@H](N)c1cc(Cl)ccn1. The number of nitrogens with two attached hydrogens (primary N) is 1. The Morgan fingerprint density at radius 1 is 1.73 bits per heavy atom. The van der Waals surface area contributed by atoms with Gasteiger partial charge in [-0.2, -0.15) is 0 Å². The van der Waals surface area contributed by atoms with Gasteiger partial charge in [0.2, 0.25) is 0 Å². The molecule has 0 saturated heterocycles. The van der Waals surface area contributed by atoms with Crippen LogP contribution in [0, 0.1) is 0 Å². The Morgan fingerprint density at radius 3 is 3.00 bits per heavy atom. The first-order valence-corrected chi connectivity index (χ1v) is 3.99. The number of pyridine rings is 1. The first-order chi connectivity index (χ1) is 5.24. The number of hydrogen-bond donors (Lipinski definition) is 1. The average Bonchev–Trinajstić information content (AvgIpc) is 2.03. The van der Waals surface area contributed by atoms with Gasteiger partial charge in [-0.1, -0.05) is 18.5 Å². The number of nitrogens with zero attached hydrogens (tertiary/aromatic N) is 1. The van der Waals surface area contributed by atoms with Crippen molar-refractivity contribution in [2.45, 2.75) is 19.4 Å². The maximum absolute atomic E-state index is 5.75. The average molecular weight is 171 g/mol. The van der Waals surface area contributed by atoms with E-state index >= 15 is 0 Å². The predicted octanol–water partition coefficient (Wildman–Crippen LogP) is 2.14. The fraction of sp³-hybridized carbons (Fsp3) is 0.375. The summed E-state index contributed by atoms with van der Waals surface area (Å²) < 4.78 is 0. The van der Waals surface area contributed by atoms with Crippen LogP contribution in [0.4, 0.5) is 0 Å².